The fraction of sp³-hybridized carbons (Fsp3) is 0.471. The molecular formula is C17H24O3. The van der Waals surface area contributed by atoms with Crippen LogP contribution in [-0.4, -0.2) is 12.1 Å². The Labute approximate surface area is 121 Å². The van der Waals surface area contributed by atoms with Crippen molar-refractivity contribution in [1.29, 1.82) is 0 Å². The molecule has 1 aromatic rings. The number of esters is 1. The van der Waals surface area contributed by atoms with Crippen LogP contribution in [0.4, 0.5) is 0 Å². The van der Waals surface area contributed by atoms with Crippen molar-refractivity contribution in [3.8, 4) is 0 Å². The van der Waals surface area contributed by atoms with Crippen molar-refractivity contribution in [1.82, 2.24) is 0 Å². The van der Waals surface area contributed by atoms with Gasteiger partial charge >= 0.3 is 5.97 Å². The Balaban J connectivity index is 2.62. The van der Waals surface area contributed by atoms with E-state index < -0.39 is 0 Å². The number of allylic oxidation sites excluding steroid dienone is 3. The summed E-state index contributed by atoms with van der Waals surface area (Å²) in [6.45, 7) is 7.69. The highest BCUT2D eigenvalue weighted by Crippen LogP contribution is 2.13. The molecule has 0 aromatic carbocycles. The summed E-state index contributed by atoms with van der Waals surface area (Å²) in [6, 6.07) is 3.73. The average molecular weight is 276 g/mol. The Hall–Kier alpha value is -1.77. The van der Waals surface area contributed by atoms with Crippen LogP contribution in [0.15, 0.2) is 46.1 Å². The van der Waals surface area contributed by atoms with Crippen molar-refractivity contribution in [3.05, 3.63) is 47.5 Å². The lowest BCUT2D eigenvalue weighted by molar-refractivity contribution is -0.144. The number of carbonyl (C=O) groups is 1. The Morgan fingerprint density at radius 3 is 2.65 bits per heavy atom. The van der Waals surface area contributed by atoms with Crippen molar-refractivity contribution in [2.45, 2.75) is 53.1 Å². The first kappa shape index (κ1) is 16.3. The van der Waals surface area contributed by atoms with Gasteiger partial charge in [0.15, 0.2) is 0 Å². The molecule has 1 aromatic heterocycles. The van der Waals surface area contributed by atoms with Gasteiger partial charge in [0.1, 0.15) is 11.9 Å². The van der Waals surface area contributed by atoms with Gasteiger partial charge in [-0.3, -0.25) is 4.79 Å². The van der Waals surface area contributed by atoms with Gasteiger partial charge in [-0.15, -0.1) is 0 Å². The molecule has 1 heterocycles. The molecule has 0 fully saturated rings. The normalized spacial score (nSPS) is 12.9. The van der Waals surface area contributed by atoms with E-state index in [1.165, 1.54) is 18.1 Å². The summed E-state index contributed by atoms with van der Waals surface area (Å²) < 4.78 is 10.6. The number of rotatable bonds is 7. The Morgan fingerprint density at radius 2 is 2.10 bits per heavy atom. The molecule has 3 nitrogen and oxygen atoms in total. The fourth-order valence-electron chi connectivity index (χ4n) is 1.96. The molecule has 0 bridgehead atoms. The van der Waals surface area contributed by atoms with Gasteiger partial charge in [-0.05, 0) is 51.8 Å². The summed E-state index contributed by atoms with van der Waals surface area (Å²) in [6.07, 6.45) is 8.16. The minimum Gasteiger partial charge on any atom is -0.469 e. The molecule has 1 unspecified atom stereocenters. The number of hydrogen-bond donors (Lipinski definition) is 0. The smallest absolute Gasteiger partial charge is 0.303 e. The molecule has 0 spiro atoms. The van der Waals surface area contributed by atoms with Crippen LogP contribution in [0.5, 0.6) is 0 Å². The van der Waals surface area contributed by atoms with Crippen LogP contribution in [0.1, 0.15) is 46.3 Å². The van der Waals surface area contributed by atoms with E-state index in [1.54, 1.807) is 6.26 Å². The average Bonchev–Trinajstić information content (AvgIpc) is 2.80. The van der Waals surface area contributed by atoms with Crippen molar-refractivity contribution in [2.24, 2.45) is 0 Å². The van der Waals surface area contributed by atoms with Gasteiger partial charge in [-0.1, -0.05) is 17.2 Å². The zero-order valence-electron chi connectivity index (χ0n) is 12.8. The first-order valence-electron chi connectivity index (χ1n) is 6.97. The van der Waals surface area contributed by atoms with E-state index in [0.29, 0.717) is 6.42 Å². The van der Waals surface area contributed by atoms with Crippen molar-refractivity contribution >= 4 is 5.97 Å². The Kier molecular flexibility index (Phi) is 6.85. The van der Waals surface area contributed by atoms with Gasteiger partial charge in [-0.25, -0.2) is 0 Å². The standard InChI is InChI=1S/C17H24O3/c1-13(2)7-5-8-14(3)11-17(20-15(4)18)12-16-9-6-10-19-16/h6-7,9-11,17H,5,8,12H2,1-4H3. The molecule has 0 saturated carbocycles. The maximum Gasteiger partial charge on any atom is 0.303 e. The molecule has 20 heavy (non-hydrogen) atoms. The summed E-state index contributed by atoms with van der Waals surface area (Å²) in [5, 5.41) is 0. The molecule has 0 aliphatic rings. The molecule has 0 amide bonds. The van der Waals surface area contributed by atoms with Gasteiger partial charge in [-0.2, -0.15) is 0 Å². The van der Waals surface area contributed by atoms with E-state index in [-0.39, 0.29) is 12.1 Å². The second kappa shape index (κ2) is 8.41. The fourth-order valence-corrected chi connectivity index (χ4v) is 1.96. The van der Waals surface area contributed by atoms with Crippen LogP contribution in [-0.2, 0) is 16.0 Å². The highest BCUT2D eigenvalue weighted by atomic mass is 16.5. The first-order chi connectivity index (χ1) is 9.47. The highest BCUT2D eigenvalue weighted by Gasteiger charge is 2.12. The quantitative estimate of drug-likeness (QED) is 0.545. The summed E-state index contributed by atoms with van der Waals surface area (Å²) in [7, 11) is 0. The largest absolute Gasteiger partial charge is 0.469 e. The van der Waals surface area contributed by atoms with Gasteiger partial charge in [0.25, 0.3) is 0 Å². The third kappa shape index (κ3) is 6.98. The van der Waals surface area contributed by atoms with Gasteiger partial charge in [0.05, 0.1) is 6.26 Å². The number of carbonyl (C=O) groups excluding carboxylic acids is 1. The topological polar surface area (TPSA) is 39.4 Å². The van der Waals surface area contributed by atoms with Crippen molar-refractivity contribution in [2.75, 3.05) is 0 Å². The van der Waals surface area contributed by atoms with Crippen LogP contribution < -0.4 is 0 Å². The van der Waals surface area contributed by atoms with E-state index in [2.05, 4.69) is 26.8 Å². The number of ether oxygens (including phenoxy) is 1. The monoisotopic (exact) mass is 276 g/mol. The second-order valence-electron chi connectivity index (χ2n) is 5.26. The van der Waals surface area contributed by atoms with E-state index >= 15 is 0 Å². The van der Waals surface area contributed by atoms with Crippen molar-refractivity contribution < 1.29 is 13.9 Å². The lowest BCUT2D eigenvalue weighted by Gasteiger charge is -2.13. The predicted molar refractivity (Wildman–Crippen MR) is 80.4 cm³/mol. The van der Waals surface area contributed by atoms with Gasteiger partial charge < -0.3 is 9.15 Å². The molecular weight excluding hydrogens is 252 g/mol. The van der Waals surface area contributed by atoms with Crippen LogP contribution in [0.3, 0.4) is 0 Å². The van der Waals surface area contributed by atoms with Gasteiger partial charge in [0, 0.05) is 13.3 Å². The molecule has 0 aliphatic carbocycles. The van der Waals surface area contributed by atoms with E-state index in [1.807, 2.05) is 18.2 Å². The summed E-state index contributed by atoms with van der Waals surface area (Å²) in [4.78, 5) is 11.2. The number of hydrogen-bond acceptors (Lipinski definition) is 3. The maximum absolute atomic E-state index is 11.2. The lowest BCUT2D eigenvalue weighted by Crippen LogP contribution is -2.17. The van der Waals surface area contributed by atoms with Crippen LogP contribution >= 0.6 is 0 Å². The van der Waals surface area contributed by atoms with Crippen LogP contribution in [0.25, 0.3) is 0 Å². The molecule has 0 saturated heterocycles. The summed E-state index contributed by atoms with van der Waals surface area (Å²) in [5.41, 5.74) is 2.55. The highest BCUT2D eigenvalue weighted by molar-refractivity contribution is 5.66. The van der Waals surface area contributed by atoms with E-state index in [9.17, 15) is 4.79 Å². The predicted octanol–water partition coefficient (Wildman–Crippen LogP) is 4.45. The molecule has 3 heteroatoms. The second-order valence-corrected chi connectivity index (χ2v) is 5.26. The third-order valence-electron chi connectivity index (χ3n) is 2.86. The molecule has 0 aliphatic heterocycles. The minimum atomic E-state index is -0.269. The van der Waals surface area contributed by atoms with E-state index in [0.717, 1.165) is 18.6 Å². The molecule has 110 valence electrons. The van der Waals surface area contributed by atoms with Gasteiger partial charge in [0.2, 0.25) is 0 Å². The number of furan rings is 1. The lowest BCUT2D eigenvalue weighted by atomic mass is 10.1. The maximum atomic E-state index is 11.2. The zero-order valence-corrected chi connectivity index (χ0v) is 12.8. The van der Waals surface area contributed by atoms with Crippen LogP contribution in [0.2, 0.25) is 0 Å². The summed E-state index contributed by atoms with van der Waals surface area (Å²) in [5.74, 6) is 0.555. The van der Waals surface area contributed by atoms with Crippen molar-refractivity contribution in [3.63, 3.8) is 0 Å². The molecule has 0 radical (unpaired) electrons. The minimum absolute atomic E-state index is 0.259. The Bertz CT molecular complexity index is 462. The van der Waals surface area contributed by atoms with Crippen LogP contribution in [0, 0.1) is 0 Å². The Morgan fingerprint density at radius 1 is 1.35 bits per heavy atom. The molecule has 0 N–H and O–H groups in total. The third-order valence-corrected chi connectivity index (χ3v) is 2.86. The first-order valence-corrected chi connectivity index (χ1v) is 6.97. The SMILES string of the molecule is CC(=O)OC(C=C(C)CCC=C(C)C)Cc1ccco1. The van der Waals surface area contributed by atoms with E-state index in [4.69, 9.17) is 9.15 Å². The molecule has 1 rings (SSSR count). The summed E-state index contributed by atoms with van der Waals surface area (Å²) >= 11 is 0. The zero-order chi connectivity index (χ0) is 15.0. The molecule has 1 atom stereocenters.